The molecule has 0 aromatic heterocycles. The number of halogens is 2. The lowest BCUT2D eigenvalue weighted by atomic mass is 10.1. The first-order chi connectivity index (χ1) is 8.66. The number of thioether (sulfide) groups is 1. The second kappa shape index (κ2) is 6.80. The lowest BCUT2D eigenvalue weighted by Gasteiger charge is -2.08. The number of benzene rings is 1. The maximum atomic E-state index is 12.0. The van der Waals surface area contributed by atoms with E-state index in [1.165, 1.54) is 0 Å². The van der Waals surface area contributed by atoms with Crippen molar-refractivity contribution in [3.8, 4) is 0 Å². The van der Waals surface area contributed by atoms with E-state index in [0.29, 0.717) is 27.5 Å². The quantitative estimate of drug-likeness (QED) is 0.767. The van der Waals surface area contributed by atoms with Crippen molar-refractivity contribution in [1.29, 1.82) is 0 Å². The fourth-order valence-electron chi connectivity index (χ4n) is 1.85. The van der Waals surface area contributed by atoms with Crippen LogP contribution in [0.15, 0.2) is 18.2 Å². The van der Waals surface area contributed by atoms with E-state index < -0.39 is 0 Å². The van der Waals surface area contributed by atoms with Crippen molar-refractivity contribution >= 4 is 40.7 Å². The van der Waals surface area contributed by atoms with Gasteiger partial charge in [0, 0.05) is 22.9 Å². The van der Waals surface area contributed by atoms with Gasteiger partial charge in [0.15, 0.2) is 5.78 Å². The van der Waals surface area contributed by atoms with Crippen LogP contribution in [0.4, 0.5) is 0 Å². The van der Waals surface area contributed by atoms with Gasteiger partial charge in [0.05, 0.1) is 16.9 Å². The van der Waals surface area contributed by atoms with E-state index in [4.69, 9.17) is 27.9 Å². The molecule has 1 aliphatic rings. The largest absolute Gasteiger partial charge is 0.377 e. The lowest BCUT2D eigenvalue weighted by molar-refractivity contribution is 0.102. The summed E-state index contributed by atoms with van der Waals surface area (Å²) >= 11 is 13.4. The van der Waals surface area contributed by atoms with E-state index in [2.05, 4.69) is 0 Å². The minimum atomic E-state index is 0.0414. The van der Waals surface area contributed by atoms with Crippen LogP contribution in [0.1, 0.15) is 23.2 Å². The first-order valence-corrected chi connectivity index (χ1v) is 7.75. The van der Waals surface area contributed by atoms with Crippen LogP contribution in [0.2, 0.25) is 10.0 Å². The maximum absolute atomic E-state index is 12.0. The Bertz CT molecular complexity index is 431. The van der Waals surface area contributed by atoms with Crippen molar-refractivity contribution in [2.24, 2.45) is 0 Å². The van der Waals surface area contributed by atoms with Crippen LogP contribution in [0.25, 0.3) is 0 Å². The standard InChI is InChI=1S/C13H14Cl2O2S/c14-9-3-4-11(12(15)6-9)13(16)8-18-7-10-2-1-5-17-10/h3-4,6,10H,1-2,5,7-8H2. The van der Waals surface area contributed by atoms with Gasteiger partial charge >= 0.3 is 0 Å². The summed E-state index contributed by atoms with van der Waals surface area (Å²) in [5, 5.41) is 0.966. The van der Waals surface area contributed by atoms with E-state index in [1.54, 1.807) is 30.0 Å². The highest BCUT2D eigenvalue weighted by Gasteiger charge is 2.17. The summed E-state index contributed by atoms with van der Waals surface area (Å²) in [6, 6.07) is 4.96. The molecule has 0 amide bonds. The normalized spacial score (nSPS) is 19.1. The summed E-state index contributed by atoms with van der Waals surface area (Å²) in [5.41, 5.74) is 0.543. The van der Waals surface area contributed by atoms with E-state index in [0.717, 1.165) is 25.2 Å². The number of Topliss-reactive ketones (excluding diaryl/α,β-unsaturated/α-hetero) is 1. The zero-order valence-corrected chi connectivity index (χ0v) is 12.2. The van der Waals surface area contributed by atoms with Gasteiger partial charge in [-0.1, -0.05) is 23.2 Å². The molecular weight excluding hydrogens is 291 g/mol. The van der Waals surface area contributed by atoms with Gasteiger partial charge in [-0.05, 0) is 31.0 Å². The lowest BCUT2D eigenvalue weighted by Crippen LogP contribution is -2.11. The SMILES string of the molecule is O=C(CSCC1CCCO1)c1ccc(Cl)cc1Cl. The molecule has 0 bridgehead atoms. The maximum Gasteiger partial charge on any atom is 0.174 e. The zero-order valence-electron chi connectivity index (χ0n) is 9.83. The molecule has 1 aromatic rings. The van der Waals surface area contributed by atoms with E-state index >= 15 is 0 Å². The molecule has 2 rings (SSSR count). The molecule has 2 nitrogen and oxygen atoms in total. The number of rotatable bonds is 5. The fraction of sp³-hybridized carbons (Fsp3) is 0.462. The van der Waals surface area contributed by atoms with E-state index in [1.807, 2.05) is 0 Å². The molecule has 0 saturated carbocycles. The van der Waals surface area contributed by atoms with Crippen molar-refractivity contribution in [1.82, 2.24) is 0 Å². The van der Waals surface area contributed by atoms with Gasteiger partial charge in [0.2, 0.25) is 0 Å². The molecule has 18 heavy (non-hydrogen) atoms. The summed E-state index contributed by atoms with van der Waals surface area (Å²) in [6.07, 6.45) is 2.54. The van der Waals surface area contributed by atoms with Crippen LogP contribution >= 0.6 is 35.0 Å². The summed E-state index contributed by atoms with van der Waals surface area (Å²) < 4.78 is 5.50. The molecule has 1 aliphatic heterocycles. The van der Waals surface area contributed by atoms with E-state index in [9.17, 15) is 4.79 Å². The van der Waals surface area contributed by atoms with Crippen LogP contribution in [-0.2, 0) is 4.74 Å². The van der Waals surface area contributed by atoms with Crippen LogP contribution in [-0.4, -0.2) is 30.0 Å². The molecule has 5 heteroatoms. The monoisotopic (exact) mass is 304 g/mol. The first kappa shape index (κ1) is 14.2. The summed E-state index contributed by atoms with van der Waals surface area (Å²) in [5.74, 6) is 1.35. The fourth-order valence-corrected chi connectivity index (χ4v) is 3.35. The Balaban J connectivity index is 1.83. The number of carbonyl (C=O) groups excluding carboxylic acids is 1. The Hall–Kier alpha value is -0.220. The molecule has 98 valence electrons. The van der Waals surface area contributed by atoms with Crippen LogP contribution in [0.5, 0.6) is 0 Å². The topological polar surface area (TPSA) is 26.3 Å². The number of hydrogen-bond donors (Lipinski definition) is 0. The Labute approximate surface area is 121 Å². The van der Waals surface area contributed by atoms with Crippen molar-refractivity contribution in [2.45, 2.75) is 18.9 Å². The molecule has 0 spiro atoms. The number of hydrogen-bond acceptors (Lipinski definition) is 3. The smallest absolute Gasteiger partial charge is 0.174 e. The van der Waals surface area contributed by atoms with Gasteiger partial charge in [-0.15, -0.1) is 0 Å². The van der Waals surface area contributed by atoms with Crippen LogP contribution in [0.3, 0.4) is 0 Å². The number of carbonyl (C=O) groups is 1. The average Bonchev–Trinajstić information content (AvgIpc) is 2.81. The third-order valence-electron chi connectivity index (χ3n) is 2.79. The molecule has 1 aromatic carbocycles. The Kier molecular flexibility index (Phi) is 5.37. The summed E-state index contributed by atoms with van der Waals surface area (Å²) in [7, 11) is 0. The van der Waals surface area contributed by atoms with Crippen molar-refractivity contribution in [3.05, 3.63) is 33.8 Å². The first-order valence-electron chi connectivity index (χ1n) is 5.84. The van der Waals surface area contributed by atoms with Crippen molar-refractivity contribution in [3.63, 3.8) is 0 Å². The predicted molar refractivity (Wildman–Crippen MR) is 77.1 cm³/mol. The molecule has 1 fully saturated rings. The molecule has 1 atom stereocenters. The second-order valence-corrected chi connectivity index (χ2v) is 6.07. The Morgan fingerprint density at radius 2 is 2.28 bits per heavy atom. The average molecular weight is 305 g/mol. The molecule has 0 aliphatic carbocycles. The third-order valence-corrected chi connectivity index (χ3v) is 4.41. The molecule has 1 heterocycles. The minimum Gasteiger partial charge on any atom is -0.377 e. The highest BCUT2D eigenvalue weighted by atomic mass is 35.5. The predicted octanol–water partition coefficient (Wildman–Crippen LogP) is 4.09. The van der Waals surface area contributed by atoms with E-state index in [-0.39, 0.29) is 5.78 Å². The van der Waals surface area contributed by atoms with Gasteiger partial charge in [-0.2, -0.15) is 11.8 Å². The third kappa shape index (κ3) is 3.89. The summed E-state index contributed by atoms with van der Waals surface area (Å²) in [4.78, 5) is 12.0. The molecule has 1 saturated heterocycles. The van der Waals surface area contributed by atoms with Crippen LogP contribution < -0.4 is 0 Å². The van der Waals surface area contributed by atoms with Crippen molar-refractivity contribution in [2.75, 3.05) is 18.1 Å². The van der Waals surface area contributed by atoms with Gasteiger partial charge in [0.1, 0.15) is 0 Å². The molecule has 0 N–H and O–H groups in total. The highest BCUT2D eigenvalue weighted by molar-refractivity contribution is 8.00. The van der Waals surface area contributed by atoms with Crippen LogP contribution in [0, 0.1) is 0 Å². The molecular formula is C13H14Cl2O2S. The van der Waals surface area contributed by atoms with Gasteiger partial charge < -0.3 is 4.74 Å². The highest BCUT2D eigenvalue weighted by Crippen LogP contribution is 2.23. The van der Waals surface area contributed by atoms with Gasteiger partial charge in [-0.3, -0.25) is 4.79 Å². The second-order valence-electron chi connectivity index (χ2n) is 4.20. The van der Waals surface area contributed by atoms with Gasteiger partial charge in [0.25, 0.3) is 0 Å². The Morgan fingerprint density at radius 1 is 1.44 bits per heavy atom. The zero-order chi connectivity index (χ0) is 13.0. The minimum absolute atomic E-state index is 0.0414. The van der Waals surface area contributed by atoms with Crippen molar-refractivity contribution < 1.29 is 9.53 Å². The number of ether oxygens (including phenoxy) is 1. The molecule has 1 unspecified atom stereocenters. The summed E-state index contributed by atoms with van der Waals surface area (Å²) in [6.45, 7) is 0.849. The van der Waals surface area contributed by atoms with Gasteiger partial charge in [-0.25, -0.2) is 0 Å². The Morgan fingerprint density at radius 3 is 2.94 bits per heavy atom. The molecule has 0 radical (unpaired) electrons. The number of ketones is 1.